The lowest BCUT2D eigenvalue weighted by molar-refractivity contribution is -0.129. The highest BCUT2D eigenvalue weighted by Crippen LogP contribution is 2.46. The molecule has 0 unspecified atom stereocenters. The van der Waals surface area contributed by atoms with Crippen molar-refractivity contribution in [2.45, 2.75) is 80.3 Å². The molecule has 2 aliphatic heterocycles. The van der Waals surface area contributed by atoms with Gasteiger partial charge in [0.2, 0.25) is 21.8 Å². The summed E-state index contributed by atoms with van der Waals surface area (Å²) >= 11 is 6.26. The number of sulfonamides is 1. The first-order chi connectivity index (χ1) is 22.3. The van der Waals surface area contributed by atoms with Crippen molar-refractivity contribution in [3.8, 4) is 0 Å². The number of rotatable bonds is 8. The Labute approximate surface area is 279 Å². The summed E-state index contributed by atoms with van der Waals surface area (Å²) < 4.78 is 60.0. The van der Waals surface area contributed by atoms with Crippen molar-refractivity contribution in [2.24, 2.45) is 23.3 Å². The molecule has 5 N–H and O–H groups in total. The highest BCUT2D eigenvalue weighted by molar-refractivity contribution is 7.89. The molecule has 4 fully saturated rings. The summed E-state index contributed by atoms with van der Waals surface area (Å²) in [7, 11) is -3.83. The van der Waals surface area contributed by atoms with Gasteiger partial charge in [-0.25, -0.2) is 22.2 Å². The van der Waals surface area contributed by atoms with E-state index < -0.39 is 21.9 Å². The Hall–Kier alpha value is -2.91. The summed E-state index contributed by atoms with van der Waals surface area (Å²) in [6.45, 7) is 1.11. The largest absolute Gasteiger partial charge is 0.354 e. The zero-order valence-corrected chi connectivity index (χ0v) is 27.7. The number of carbonyl (C=O) groups excluding carboxylic acids is 2. The fourth-order valence-electron chi connectivity index (χ4n) is 7.35. The van der Waals surface area contributed by atoms with Crippen molar-refractivity contribution in [3.05, 3.63) is 47.1 Å². The number of alkyl halides is 2. The summed E-state index contributed by atoms with van der Waals surface area (Å²) in [5.74, 6) is -4.30. The van der Waals surface area contributed by atoms with Crippen LogP contribution in [0.4, 0.5) is 20.3 Å². The van der Waals surface area contributed by atoms with Gasteiger partial charge >= 0.3 is 0 Å². The summed E-state index contributed by atoms with van der Waals surface area (Å²) in [6, 6.07) is 8.62. The van der Waals surface area contributed by atoms with Crippen molar-refractivity contribution in [2.75, 3.05) is 42.5 Å². The van der Waals surface area contributed by atoms with Crippen LogP contribution in [0.25, 0.3) is 0 Å². The summed E-state index contributed by atoms with van der Waals surface area (Å²) in [6.07, 6.45) is 3.94. The third-order valence-corrected chi connectivity index (χ3v) is 12.2. The number of nitrogens with one attached hydrogen (secondary N) is 1. The van der Waals surface area contributed by atoms with Crippen LogP contribution in [0.3, 0.4) is 0 Å². The monoisotopic (exact) mass is 693 g/mol. The summed E-state index contributed by atoms with van der Waals surface area (Å²) in [5, 5.41) is 2.99. The fourth-order valence-corrected chi connectivity index (χ4v) is 8.97. The van der Waals surface area contributed by atoms with E-state index in [0.717, 1.165) is 19.3 Å². The van der Waals surface area contributed by atoms with Crippen molar-refractivity contribution in [1.29, 1.82) is 0 Å². The number of anilines is 2. The summed E-state index contributed by atoms with van der Waals surface area (Å²) in [4.78, 5) is 32.7. The van der Waals surface area contributed by atoms with Crippen LogP contribution in [0, 0.1) is 11.8 Å². The van der Waals surface area contributed by atoms with Crippen molar-refractivity contribution in [3.63, 3.8) is 0 Å². The number of nitrogens with two attached hydrogens (primary N) is 2. The number of benzene rings is 1. The van der Waals surface area contributed by atoms with E-state index in [0.29, 0.717) is 25.1 Å². The number of amides is 2. The first kappa shape index (κ1) is 34.0. The molecule has 47 heavy (non-hydrogen) atoms. The van der Waals surface area contributed by atoms with E-state index in [1.807, 2.05) is 0 Å². The van der Waals surface area contributed by atoms with Gasteiger partial charge < -0.3 is 26.6 Å². The minimum Gasteiger partial charge on any atom is -0.354 e. The SMILES string of the molecule is N[C@@H]1CC(=O)N(c2ccc(S(=O)(=O)N3CCN(c4cc(C(F)(F)[C@H]5CC[C@H](C(=O)N[C@@H]6CC[C@H](N)C6)CC5)cc(Cl)n4)CC3)cc2)C1. The molecular formula is C32H42ClF2N7O4S. The number of hydrogen-bond acceptors (Lipinski definition) is 8. The Morgan fingerprint density at radius 2 is 1.64 bits per heavy atom. The number of pyridine rings is 1. The van der Waals surface area contributed by atoms with Crippen LogP contribution in [0.1, 0.15) is 56.9 Å². The molecule has 0 bridgehead atoms. The van der Waals surface area contributed by atoms with Crippen LogP contribution in [0.2, 0.25) is 5.15 Å². The number of nitrogens with zero attached hydrogens (tertiary/aromatic N) is 4. The molecule has 2 aliphatic carbocycles. The Kier molecular flexibility index (Phi) is 9.79. The minimum atomic E-state index is -3.83. The Balaban J connectivity index is 1.06. The van der Waals surface area contributed by atoms with E-state index in [2.05, 4.69) is 10.3 Å². The maximum Gasteiger partial charge on any atom is 0.276 e. The standard InChI is InChI=1S/C32H42ClF2N7O4S/c33-28-15-22(32(34,35)21-3-1-20(2-4-21)31(44)38-25-6-5-23(36)17-25)16-29(39-28)40-11-13-41(14-12-40)47(45,46)27-9-7-26(8-10-27)42-19-24(37)18-30(42)43/h7-10,15-16,20-21,23-25H,1-6,11-14,17-19,36-37H2,(H,38,44)/t20-,21-,23-,24+,25+/m0/s1. The molecule has 11 nitrogen and oxygen atoms in total. The highest BCUT2D eigenvalue weighted by Gasteiger charge is 2.45. The van der Waals surface area contributed by atoms with Gasteiger partial charge in [0.15, 0.2) is 0 Å². The highest BCUT2D eigenvalue weighted by atomic mass is 35.5. The maximum absolute atomic E-state index is 15.9. The van der Waals surface area contributed by atoms with Gasteiger partial charge in [-0.15, -0.1) is 0 Å². The van der Waals surface area contributed by atoms with Crippen molar-refractivity contribution >= 4 is 44.9 Å². The van der Waals surface area contributed by atoms with E-state index in [1.165, 1.54) is 28.6 Å². The number of hydrogen-bond donors (Lipinski definition) is 3. The van der Waals surface area contributed by atoms with Gasteiger partial charge in [-0.1, -0.05) is 11.6 Å². The maximum atomic E-state index is 15.9. The van der Waals surface area contributed by atoms with Gasteiger partial charge in [0.1, 0.15) is 11.0 Å². The van der Waals surface area contributed by atoms with Gasteiger partial charge in [0.05, 0.1) is 4.90 Å². The topological polar surface area (TPSA) is 155 Å². The van der Waals surface area contributed by atoms with Gasteiger partial charge in [-0.05, 0) is 81.3 Å². The van der Waals surface area contributed by atoms with Gasteiger partial charge in [0, 0.05) is 80.4 Å². The molecule has 0 spiro atoms. The molecule has 2 aromatic rings. The smallest absolute Gasteiger partial charge is 0.276 e. The second-order valence-electron chi connectivity index (χ2n) is 13.3. The van der Waals surface area contributed by atoms with Crippen molar-refractivity contribution in [1.82, 2.24) is 14.6 Å². The van der Waals surface area contributed by atoms with Crippen LogP contribution in [-0.4, -0.2) is 80.4 Å². The Bertz CT molecular complexity index is 1580. The second kappa shape index (κ2) is 13.5. The molecule has 3 atom stereocenters. The number of carbonyl (C=O) groups is 2. The number of halogens is 3. The van der Waals surface area contributed by atoms with E-state index in [4.69, 9.17) is 23.1 Å². The third kappa shape index (κ3) is 7.26. The lowest BCUT2D eigenvalue weighted by Crippen LogP contribution is -2.49. The van der Waals surface area contributed by atoms with Gasteiger partial charge in [0.25, 0.3) is 5.92 Å². The predicted octanol–water partition coefficient (Wildman–Crippen LogP) is 3.20. The minimum absolute atomic E-state index is 0.0624. The molecule has 2 saturated heterocycles. The fraction of sp³-hybridized carbons (Fsp3) is 0.594. The first-order valence-electron chi connectivity index (χ1n) is 16.3. The predicted molar refractivity (Wildman–Crippen MR) is 175 cm³/mol. The zero-order chi connectivity index (χ0) is 33.5. The van der Waals surface area contributed by atoms with E-state index in [9.17, 15) is 18.0 Å². The van der Waals surface area contributed by atoms with E-state index >= 15 is 8.78 Å². The third-order valence-electron chi connectivity index (χ3n) is 10.1. The Morgan fingerprint density at radius 3 is 2.23 bits per heavy atom. The molecule has 256 valence electrons. The van der Waals surface area contributed by atoms with Crippen LogP contribution in [0.15, 0.2) is 41.3 Å². The van der Waals surface area contributed by atoms with Crippen molar-refractivity contribution < 1.29 is 26.8 Å². The van der Waals surface area contributed by atoms with Crippen LogP contribution in [0.5, 0.6) is 0 Å². The van der Waals surface area contributed by atoms with Crippen LogP contribution >= 0.6 is 11.6 Å². The molecule has 2 amide bonds. The lowest BCUT2D eigenvalue weighted by atomic mass is 9.77. The molecule has 0 radical (unpaired) electrons. The summed E-state index contributed by atoms with van der Waals surface area (Å²) in [5.41, 5.74) is 12.2. The number of aromatic nitrogens is 1. The van der Waals surface area contributed by atoms with E-state index in [-0.39, 0.29) is 103 Å². The molecule has 6 rings (SSSR count). The molecule has 3 heterocycles. The molecule has 2 saturated carbocycles. The zero-order valence-electron chi connectivity index (χ0n) is 26.2. The lowest BCUT2D eigenvalue weighted by Gasteiger charge is -2.36. The molecule has 1 aromatic carbocycles. The Morgan fingerprint density at radius 1 is 0.957 bits per heavy atom. The van der Waals surface area contributed by atoms with E-state index in [1.54, 1.807) is 21.9 Å². The van der Waals surface area contributed by atoms with Crippen LogP contribution < -0.4 is 26.6 Å². The number of piperazine rings is 1. The second-order valence-corrected chi connectivity index (χ2v) is 15.7. The van der Waals surface area contributed by atoms with Gasteiger partial charge in [-0.3, -0.25) is 9.59 Å². The first-order valence-corrected chi connectivity index (χ1v) is 18.2. The van der Waals surface area contributed by atoms with Crippen LogP contribution in [-0.2, 0) is 25.5 Å². The van der Waals surface area contributed by atoms with Gasteiger partial charge in [-0.2, -0.15) is 4.31 Å². The molecule has 15 heteroatoms. The normalized spacial score (nSPS) is 27.8. The molecule has 4 aliphatic rings. The average Bonchev–Trinajstić information content (AvgIpc) is 3.63. The quantitative estimate of drug-likeness (QED) is 0.356. The molecule has 1 aromatic heterocycles. The average molecular weight is 694 g/mol. The molecular weight excluding hydrogens is 652 g/mol.